The Labute approximate surface area is 197 Å². The molecule has 2 aromatic carbocycles. The zero-order valence-corrected chi connectivity index (χ0v) is 20.1. The number of carbonyl (C=O) groups excluding carboxylic acids is 1. The summed E-state index contributed by atoms with van der Waals surface area (Å²) in [7, 11) is 0. The van der Waals surface area contributed by atoms with E-state index in [2.05, 4.69) is 18.3 Å². The van der Waals surface area contributed by atoms with Gasteiger partial charge in [-0.3, -0.25) is 0 Å². The molecule has 4 rings (SSSR count). The first-order valence-corrected chi connectivity index (χ1v) is 12.4. The summed E-state index contributed by atoms with van der Waals surface area (Å²) < 4.78 is 19.0. The van der Waals surface area contributed by atoms with Crippen LogP contribution in [0.4, 0.5) is 5.69 Å². The van der Waals surface area contributed by atoms with Crippen molar-refractivity contribution in [2.24, 2.45) is 5.92 Å². The molecular formula is C28H37NO4. The summed E-state index contributed by atoms with van der Waals surface area (Å²) in [5.74, 6) is 1.16. The maximum absolute atomic E-state index is 13.0. The van der Waals surface area contributed by atoms with Crippen molar-refractivity contribution in [3.63, 3.8) is 0 Å². The van der Waals surface area contributed by atoms with Crippen LogP contribution in [-0.2, 0) is 9.47 Å². The molecule has 178 valence electrons. The predicted octanol–water partition coefficient (Wildman–Crippen LogP) is 6.54. The fraction of sp³-hybridized carbons (Fsp3) is 0.536. The number of carbonyl (C=O) groups is 1. The van der Waals surface area contributed by atoms with Gasteiger partial charge in [-0.15, -0.1) is 0 Å². The molecule has 1 saturated carbocycles. The Hall–Kier alpha value is -2.53. The smallest absolute Gasteiger partial charge is 0.338 e. The van der Waals surface area contributed by atoms with E-state index in [1.165, 1.54) is 32.1 Å². The first-order chi connectivity index (χ1) is 16.0. The van der Waals surface area contributed by atoms with Gasteiger partial charge in [0, 0.05) is 24.4 Å². The Kier molecular flexibility index (Phi) is 7.59. The van der Waals surface area contributed by atoms with Crippen LogP contribution in [0.15, 0.2) is 48.5 Å². The molecule has 1 aliphatic heterocycles. The third kappa shape index (κ3) is 5.70. The lowest BCUT2D eigenvalue weighted by Crippen LogP contribution is -2.51. The number of fused-ring (bicyclic) bond motifs is 1. The Balaban J connectivity index is 1.59. The van der Waals surface area contributed by atoms with Gasteiger partial charge in [0.05, 0.1) is 5.56 Å². The van der Waals surface area contributed by atoms with Crippen molar-refractivity contribution in [2.75, 3.05) is 18.5 Å². The third-order valence-corrected chi connectivity index (χ3v) is 6.82. The van der Waals surface area contributed by atoms with E-state index in [0.29, 0.717) is 12.2 Å². The van der Waals surface area contributed by atoms with Crippen LogP contribution in [0.1, 0.15) is 81.3 Å². The maximum atomic E-state index is 13.0. The molecule has 33 heavy (non-hydrogen) atoms. The molecule has 0 radical (unpaired) electrons. The Morgan fingerprint density at radius 2 is 1.85 bits per heavy atom. The molecule has 0 spiro atoms. The van der Waals surface area contributed by atoms with Crippen molar-refractivity contribution in [3.8, 4) is 5.75 Å². The fourth-order valence-electron chi connectivity index (χ4n) is 5.02. The normalized spacial score (nSPS) is 22.2. The minimum Gasteiger partial charge on any atom is -0.483 e. The van der Waals surface area contributed by atoms with E-state index in [4.69, 9.17) is 14.2 Å². The highest BCUT2D eigenvalue weighted by Gasteiger charge is 2.47. The largest absolute Gasteiger partial charge is 0.483 e. The van der Waals surface area contributed by atoms with Crippen molar-refractivity contribution >= 4 is 11.7 Å². The highest BCUT2D eigenvalue weighted by molar-refractivity contribution is 5.89. The van der Waals surface area contributed by atoms with Crippen LogP contribution < -0.4 is 10.1 Å². The molecule has 5 heteroatoms. The second kappa shape index (κ2) is 10.6. The topological polar surface area (TPSA) is 56.8 Å². The number of anilines is 1. The van der Waals surface area contributed by atoms with E-state index < -0.39 is 17.8 Å². The Morgan fingerprint density at radius 3 is 2.58 bits per heavy atom. The second-order valence-corrected chi connectivity index (χ2v) is 9.76. The van der Waals surface area contributed by atoms with Crippen molar-refractivity contribution in [2.45, 2.75) is 77.1 Å². The van der Waals surface area contributed by atoms with Gasteiger partial charge in [-0.25, -0.2) is 4.79 Å². The van der Waals surface area contributed by atoms with Gasteiger partial charge in [-0.05, 0) is 63.4 Å². The van der Waals surface area contributed by atoms with Gasteiger partial charge in [0.2, 0.25) is 0 Å². The Morgan fingerprint density at radius 1 is 1.09 bits per heavy atom. The molecule has 0 saturated heterocycles. The van der Waals surface area contributed by atoms with Crippen LogP contribution in [0.25, 0.3) is 0 Å². The lowest BCUT2D eigenvalue weighted by atomic mass is 9.86. The van der Waals surface area contributed by atoms with E-state index >= 15 is 0 Å². The molecule has 1 aliphatic carbocycles. The van der Waals surface area contributed by atoms with Crippen LogP contribution in [-0.4, -0.2) is 30.8 Å². The van der Waals surface area contributed by atoms with Gasteiger partial charge in [-0.2, -0.15) is 0 Å². The van der Waals surface area contributed by atoms with Gasteiger partial charge in [0.25, 0.3) is 0 Å². The summed E-state index contributed by atoms with van der Waals surface area (Å²) >= 11 is 0. The molecule has 5 nitrogen and oxygen atoms in total. The lowest BCUT2D eigenvalue weighted by Gasteiger charge is -2.44. The molecule has 0 bridgehead atoms. The first-order valence-electron chi connectivity index (χ1n) is 12.4. The SMILES string of the molecule is CCNc1ccc2c(c1)C(OCCC1CCCCC1)C(OC(=O)c1ccccc1)C(C)(C)O2. The highest BCUT2D eigenvalue weighted by Crippen LogP contribution is 2.45. The van der Waals surface area contributed by atoms with Crippen LogP contribution >= 0.6 is 0 Å². The average molecular weight is 452 g/mol. The molecule has 2 atom stereocenters. The molecule has 2 aliphatic rings. The van der Waals surface area contributed by atoms with Gasteiger partial charge >= 0.3 is 5.97 Å². The summed E-state index contributed by atoms with van der Waals surface area (Å²) in [6.07, 6.45) is 6.65. The standard InChI is InChI=1S/C28H37NO4/c1-4-29-22-15-16-24-23(19-22)25(31-18-17-20-11-7-5-8-12-20)26(28(2,3)33-24)32-27(30)21-13-9-6-10-14-21/h6,9-10,13-16,19-20,25-26,29H,4-5,7-8,11-12,17-18H2,1-3H3. The van der Waals surface area contributed by atoms with E-state index in [1.54, 1.807) is 12.1 Å². The zero-order valence-electron chi connectivity index (χ0n) is 20.1. The van der Waals surface area contributed by atoms with Crippen LogP contribution in [0.5, 0.6) is 5.75 Å². The lowest BCUT2D eigenvalue weighted by molar-refractivity contribution is -0.141. The van der Waals surface area contributed by atoms with Gasteiger partial charge in [-0.1, -0.05) is 50.3 Å². The van der Waals surface area contributed by atoms with Gasteiger partial charge < -0.3 is 19.5 Å². The van der Waals surface area contributed by atoms with E-state index in [-0.39, 0.29) is 5.97 Å². The van der Waals surface area contributed by atoms with Crippen molar-refractivity contribution in [3.05, 3.63) is 59.7 Å². The first kappa shape index (κ1) is 23.6. The summed E-state index contributed by atoms with van der Waals surface area (Å²) in [4.78, 5) is 13.0. The summed E-state index contributed by atoms with van der Waals surface area (Å²) in [6.45, 7) is 7.48. The van der Waals surface area contributed by atoms with E-state index in [9.17, 15) is 4.79 Å². The quantitative estimate of drug-likeness (QED) is 0.462. The molecule has 2 aromatic rings. The van der Waals surface area contributed by atoms with E-state index in [1.807, 2.05) is 44.2 Å². The summed E-state index contributed by atoms with van der Waals surface area (Å²) in [5, 5.41) is 3.37. The Bertz CT molecular complexity index is 921. The number of hydrogen-bond donors (Lipinski definition) is 1. The van der Waals surface area contributed by atoms with Gasteiger partial charge in [0.15, 0.2) is 6.10 Å². The molecular weight excluding hydrogens is 414 g/mol. The van der Waals surface area contributed by atoms with Crippen LogP contribution in [0, 0.1) is 5.92 Å². The summed E-state index contributed by atoms with van der Waals surface area (Å²) in [5.41, 5.74) is 1.74. The molecule has 1 fully saturated rings. The number of hydrogen-bond acceptors (Lipinski definition) is 5. The average Bonchev–Trinajstić information content (AvgIpc) is 2.82. The van der Waals surface area contributed by atoms with E-state index in [0.717, 1.165) is 35.9 Å². The zero-order chi connectivity index (χ0) is 23.3. The van der Waals surface area contributed by atoms with Crippen molar-refractivity contribution in [1.82, 2.24) is 0 Å². The maximum Gasteiger partial charge on any atom is 0.338 e. The second-order valence-electron chi connectivity index (χ2n) is 9.76. The number of esters is 1. The van der Waals surface area contributed by atoms with Gasteiger partial charge in [0.1, 0.15) is 17.5 Å². The molecule has 1 N–H and O–H groups in total. The molecule has 1 heterocycles. The van der Waals surface area contributed by atoms with Crippen molar-refractivity contribution < 1.29 is 19.0 Å². The number of nitrogens with one attached hydrogen (secondary N) is 1. The molecule has 2 unspecified atom stereocenters. The fourth-order valence-corrected chi connectivity index (χ4v) is 5.02. The summed E-state index contributed by atoms with van der Waals surface area (Å²) in [6, 6.07) is 15.2. The predicted molar refractivity (Wildman–Crippen MR) is 131 cm³/mol. The van der Waals surface area contributed by atoms with Crippen molar-refractivity contribution in [1.29, 1.82) is 0 Å². The molecule has 0 amide bonds. The van der Waals surface area contributed by atoms with Crippen LogP contribution in [0.2, 0.25) is 0 Å². The highest BCUT2D eigenvalue weighted by atomic mass is 16.6. The third-order valence-electron chi connectivity index (χ3n) is 6.82. The number of ether oxygens (including phenoxy) is 3. The molecule has 0 aromatic heterocycles. The minimum atomic E-state index is -0.730. The van der Waals surface area contributed by atoms with Crippen LogP contribution in [0.3, 0.4) is 0 Å². The monoisotopic (exact) mass is 451 g/mol. The number of benzene rings is 2. The minimum absolute atomic E-state index is 0.357. The number of rotatable bonds is 8.